The van der Waals surface area contributed by atoms with Crippen molar-refractivity contribution in [3.05, 3.63) is 82.4 Å². The Balaban J connectivity index is 2.04. The molecule has 4 rings (SSSR count). The van der Waals surface area contributed by atoms with Gasteiger partial charge in [0.15, 0.2) is 5.60 Å². The lowest BCUT2D eigenvalue weighted by Gasteiger charge is -2.26. The van der Waals surface area contributed by atoms with Crippen molar-refractivity contribution in [1.82, 2.24) is 0 Å². The molecule has 0 aromatic heterocycles. The maximum Gasteiger partial charge on any atom is 0.339 e. The molecule has 0 radical (unpaired) electrons. The molecule has 0 amide bonds. The molecule has 1 heterocycles. The largest absolute Gasteiger partial charge is 0.446 e. The van der Waals surface area contributed by atoms with Gasteiger partial charge < -0.3 is 4.74 Å². The summed E-state index contributed by atoms with van der Waals surface area (Å²) in [6.45, 7) is 1.94. The van der Waals surface area contributed by atoms with Crippen LogP contribution in [0.4, 0.5) is 0 Å². The molecule has 0 N–H and O–H groups in total. The van der Waals surface area contributed by atoms with Crippen LogP contribution >= 0.6 is 11.6 Å². The van der Waals surface area contributed by atoms with Gasteiger partial charge in [0, 0.05) is 16.1 Å². The fourth-order valence-corrected chi connectivity index (χ4v) is 3.41. The average molecular weight is 309 g/mol. The number of hydrogen-bond donors (Lipinski definition) is 0. The van der Waals surface area contributed by atoms with Crippen molar-refractivity contribution in [2.75, 3.05) is 0 Å². The lowest BCUT2D eigenvalue weighted by molar-refractivity contribution is 0.0185. The van der Waals surface area contributed by atoms with Gasteiger partial charge >= 0.3 is 5.97 Å². The van der Waals surface area contributed by atoms with Crippen LogP contribution in [0.25, 0.3) is 10.8 Å². The highest BCUT2D eigenvalue weighted by atomic mass is 35.5. The van der Waals surface area contributed by atoms with E-state index in [-0.39, 0.29) is 5.97 Å². The molecule has 0 bridgehead atoms. The molecule has 0 spiro atoms. The lowest BCUT2D eigenvalue weighted by atomic mass is 9.84. The van der Waals surface area contributed by atoms with Gasteiger partial charge in [-0.25, -0.2) is 4.79 Å². The molecule has 1 aliphatic heterocycles. The average Bonchev–Trinajstić information content (AvgIpc) is 2.79. The fraction of sp³-hybridized carbons (Fsp3) is 0.105. The molecule has 3 aromatic rings. The number of carbonyl (C=O) groups excluding carboxylic acids is 1. The number of hydrogen-bond acceptors (Lipinski definition) is 2. The summed E-state index contributed by atoms with van der Waals surface area (Å²) in [6.07, 6.45) is 0. The van der Waals surface area contributed by atoms with Crippen LogP contribution in [0.3, 0.4) is 0 Å². The molecule has 3 aromatic carbocycles. The van der Waals surface area contributed by atoms with Crippen LogP contribution < -0.4 is 0 Å². The molecule has 3 heteroatoms. The molecule has 108 valence electrons. The first-order chi connectivity index (χ1) is 10.6. The second-order valence-corrected chi connectivity index (χ2v) is 6.08. The van der Waals surface area contributed by atoms with Crippen LogP contribution in [0.15, 0.2) is 60.7 Å². The van der Waals surface area contributed by atoms with Gasteiger partial charge in [0.2, 0.25) is 0 Å². The minimum Gasteiger partial charge on any atom is -0.446 e. The molecule has 0 fully saturated rings. The Labute approximate surface area is 133 Å². The van der Waals surface area contributed by atoms with E-state index in [9.17, 15) is 4.79 Å². The molecule has 22 heavy (non-hydrogen) atoms. The van der Waals surface area contributed by atoms with E-state index < -0.39 is 5.60 Å². The van der Waals surface area contributed by atoms with Gasteiger partial charge in [-0.15, -0.1) is 0 Å². The van der Waals surface area contributed by atoms with E-state index in [1.165, 1.54) is 0 Å². The maximum atomic E-state index is 12.2. The highest BCUT2D eigenvalue weighted by Gasteiger charge is 2.43. The van der Waals surface area contributed by atoms with Crippen LogP contribution in [0.1, 0.15) is 28.4 Å². The van der Waals surface area contributed by atoms with Crippen molar-refractivity contribution in [2.45, 2.75) is 12.5 Å². The molecule has 0 unspecified atom stereocenters. The van der Waals surface area contributed by atoms with Gasteiger partial charge in [0.05, 0.1) is 5.56 Å². The van der Waals surface area contributed by atoms with Crippen molar-refractivity contribution in [3.8, 4) is 0 Å². The molecule has 1 atom stereocenters. The number of ether oxygens (including phenoxy) is 1. The number of benzene rings is 3. The predicted octanol–water partition coefficient (Wildman–Crippen LogP) is 4.93. The Morgan fingerprint density at radius 1 is 0.955 bits per heavy atom. The molecular weight excluding hydrogens is 296 g/mol. The van der Waals surface area contributed by atoms with Crippen LogP contribution in [0.2, 0.25) is 5.02 Å². The summed E-state index contributed by atoms with van der Waals surface area (Å²) < 4.78 is 5.77. The van der Waals surface area contributed by atoms with E-state index >= 15 is 0 Å². The van der Waals surface area contributed by atoms with Gasteiger partial charge in [0.25, 0.3) is 0 Å². The normalized spacial score (nSPS) is 20.0. The molecule has 0 aliphatic carbocycles. The molecule has 0 saturated heterocycles. The van der Waals surface area contributed by atoms with Crippen molar-refractivity contribution < 1.29 is 9.53 Å². The fourth-order valence-electron chi connectivity index (χ4n) is 3.23. The predicted molar refractivity (Wildman–Crippen MR) is 87.3 cm³/mol. The Morgan fingerprint density at radius 3 is 2.59 bits per heavy atom. The zero-order chi connectivity index (χ0) is 15.3. The van der Waals surface area contributed by atoms with Crippen LogP contribution in [-0.4, -0.2) is 5.97 Å². The zero-order valence-corrected chi connectivity index (χ0v) is 12.7. The highest BCUT2D eigenvalue weighted by Crippen LogP contribution is 2.44. The summed E-state index contributed by atoms with van der Waals surface area (Å²) in [5, 5.41) is 2.74. The SMILES string of the molecule is C[C@]1(c2cccc3ccc(Cl)cc23)OC(=O)c2ccccc21. The maximum absolute atomic E-state index is 12.2. The van der Waals surface area contributed by atoms with Gasteiger partial charge in [0.1, 0.15) is 0 Å². The van der Waals surface area contributed by atoms with Crippen LogP contribution in [0.5, 0.6) is 0 Å². The van der Waals surface area contributed by atoms with Crippen molar-refractivity contribution >= 4 is 28.3 Å². The first-order valence-corrected chi connectivity index (χ1v) is 7.49. The summed E-state index contributed by atoms with van der Waals surface area (Å²) in [7, 11) is 0. The van der Waals surface area contributed by atoms with Gasteiger partial charge in [-0.1, -0.05) is 54.1 Å². The standard InChI is InChI=1S/C19H13ClO2/c1-19(16-7-3-2-6-14(16)18(21)22-19)17-8-4-5-12-9-10-13(20)11-15(12)17/h2-11H,1H3/t19-/m0/s1. The summed E-state index contributed by atoms with van der Waals surface area (Å²) in [6, 6.07) is 19.3. The number of rotatable bonds is 1. The summed E-state index contributed by atoms with van der Waals surface area (Å²) >= 11 is 6.16. The van der Waals surface area contributed by atoms with E-state index in [1.807, 2.05) is 61.5 Å². The molecule has 1 aliphatic rings. The number of esters is 1. The third kappa shape index (κ3) is 1.77. The van der Waals surface area contributed by atoms with Gasteiger partial charge in [-0.3, -0.25) is 0 Å². The summed E-state index contributed by atoms with van der Waals surface area (Å²) in [4.78, 5) is 12.2. The molecule has 2 nitrogen and oxygen atoms in total. The summed E-state index contributed by atoms with van der Waals surface area (Å²) in [5.74, 6) is -0.280. The Kier molecular flexibility index (Phi) is 2.78. The Bertz CT molecular complexity index is 916. The van der Waals surface area contributed by atoms with Crippen molar-refractivity contribution in [1.29, 1.82) is 0 Å². The number of fused-ring (bicyclic) bond motifs is 2. The van der Waals surface area contributed by atoms with E-state index in [1.54, 1.807) is 6.07 Å². The number of halogens is 1. The smallest absolute Gasteiger partial charge is 0.339 e. The Hall–Kier alpha value is -2.32. The van der Waals surface area contributed by atoms with E-state index in [2.05, 4.69) is 0 Å². The zero-order valence-electron chi connectivity index (χ0n) is 12.0. The number of carbonyl (C=O) groups is 1. The minimum atomic E-state index is -0.794. The van der Waals surface area contributed by atoms with E-state index in [0.717, 1.165) is 21.9 Å². The van der Waals surface area contributed by atoms with Crippen molar-refractivity contribution in [2.24, 2.45) is 0 Å². The first kappa shape index (κ1) is 13.4. The topological polar surface area (TPSA) is 26.3 Å². The summed E-state index contributed by atoms with van der Waals surface area (Å²) in [5.41, 5.74) is 1.68. The first-order valence-electron chi connectivity index (χ1n) is 7.11. The molecule has 0 saturated carbocycles. The quantitative estimate of drug-likeness (QED) is 0.596. The minimum absolute atomic E-state index is 0.280. The van der Waals surface area contributed by atoms with Crippen LogP contribution in [-0.2, 0) is 10.3 Å². The lowest BCUT2D eigenvalue weighted by Crippen LogP contribution is -2.23. The van der Waals surface area contributed by atoms with Crippen molar-refractivity contribution in [3.63, 3.8) is 0 Å². The molecular formula is C19H13ClO2. The van der Waals surface area contributed by atoms with E-state index in [4.69, 9.17) is 16.3 Å². The third-order valence-electron chi connectivity index (χ3n) is 4.32. The van der Waals surface area contributed by atoms with Gasteiger partial charge in [-0.2, -0.15) is 0 Å². The Morgan fingerprint density at radius 2 is 1.73 bits per heavy atom. The van der Waals surface area contributed by atoms with E-state index in [0.29, 0.717) is 10.6 Å². The van der Waals surface area contributed by atoms with Crippen LogP contribution in [0, 0.1) is 0 Å². The monoisotopic (exact) mass is 308 g/mol. The number of cyclic esters (lactones) is 1. The highest BCUT2D eigenvalue weighted by molar-refractivity contribution is 6.31. The second kappa shape index (κ2) is 4.59. The third-order valence-corrected chi connectivity index (χ3v) is 4.55. The second-order valence-electron chi connectivity index (χ2n) is 5.64. The van der Waals surface area contributed by atoms with Gasteiger partial charge in [-0.05, 0) is 35.9 Å².